The molecular weight excluding hydrogens is 378 g/mol. The van der Waals surface area contributed by atoms with E-state index in [-0.39, 0.29) is 18.3 Å². The molecule has 3 N–H and O–H groups in total. The molecule has 1 aliphatic rings. The third-order valence-electron chi connectivity index (χ3n) is 4.87. The molecule has 1 aromatic carbocycles. The number of aliphatic hydroxyl groups is 1. The van der Waals surface area contributed by atoms with Gasteiger partial charge in [0.15, 0.2) is 5.11 Å². The topological polar surface area (TPSA) is 86.8 Å². The van der Waals surface area contributed by atoms with Gasteiger partial charge in [-0.2, -0.15) is 0 Å². The highest BCUT2D eigenvalue weighted by Gasteiger charge is 2.18. The number of nitrogens with zero attached hydrogens (tertiary/aromatic N) is 1. The molecule has 152 valence electrons. The van der Waals surface area contributed by atoms with Crippen LogP contribution in [0.1, 0.15) is 24.8 Å². The lowest BCUT2D eigenvalue weighted by Gasteiger charge is -2.26. The van der Waals surface area contributed by atoms with E-state index >= 15 is 0 Å². The molecule has 1 saturated heterocycles. The molecule has 1 atom stereocenters. The number of aliphatic hydroxyl groups excluding tert-OH is 1. The molecule has 0 amide bonds. The Hall–Kier alpha value is -2.16. The van der Waals surface area contributed by atoms with Crippen molar-refractivity contribution in [2.75, 3.05) is 33.4 Å². The highest BCUT2D eigenvalue weighted by molar-refractivity contribution is 7.80. The van der Waals surface area contributed by atoms with Crippen molar-refractivity contribution < 1.29 is 14.6 Å². The van der Waals surface area contributed by atoms with Gasteiger partial charge in [-0.1, -0.05) is 0 Å². The maximum absolute atomic E-state index is 12.5. The molecule has 0 unspecified atom stereocenters. The molecule has 0 radical (unpaired) electrons. The van der Waals surface area contributed by atoms with Crippen LogP contribution in [0, 0.1) is 0 Å². The molecule has 8 heteroatoms. The fourth-order valence-corrected chi connectivity index (χ4v) is 3.55. The first-order valence-electron chi connectivity index (χ1n) is 9.56. The van der Waals surface area contributed by atoms with E-state index in [1.165, 1.54) is 0 Å². The number of hydrogen-bond donors (Lipinski definition) is 3. The molecule has 1 aliphatic heterocycles. The number of pyridine rings is 1. The van der Waals surface area contributed by atoms with Crippen molar-refractivity contribution in [3.63, 3.8) is 0 Å². The number of rotatable bonds is 8. The van der Waals surface area contributed by atoms with Gasteiger partial charge < -0.3 is 29.8 Å². The maximum atomic E-state index is 12.5. The molecule has 1 aromatic heterocycles. The van der Waals surface area contributed by atoms with E-state index in [4.69, 9.17) is 21.7 Å². The van der Waals surface area contributed by atoms with Crippen molar-refractivity contribution in [2.45, 2.75) is 31.9 Å². The van der Waals surface area contributed by atoms with Crippen LogP contribution in [-0.4, -0.2) is 59.6 Å². The number of hydrogen-bond acceptors (Lipinski definition) is 5. The van der Waals surface area contributed by atoms with E-state index in [0.717, 1.165) is 36.1 Å². The lowest BCUT2D eigenvalue weighted by molar-refractivity contribution is 0.113. The normalized spacial score (nSPS) is 16.3. The van der Waals surface area contributed by atoms with Crippen molar-refractivity contribution in [2.24, 2.45) is 0 Å². The van der Waals surface area contributed by atoms with Crippen LogP contribution in [0.25, 0.3) is 10.9 Å². The molecule has 0 spiro atoms. The smallest absolute Gasteiger partial charge is 0.253 e. The maximum Gasteiger partial charge on any atom is 0.253 e. The van der Waals surface area contributed by atoms with Crippen LogP contribution in [0.5, 0.6) is 5.75 Å². The molecule has 0 saturated carbocycles. The Labute approximate surface area is 169 Å². The number of H-pyrrole nitrogens is 1. The van der Waals surface area contributed by atoms with E-state index in [1.807, 2.05) is 29.2 Å². The molecule has 2 heterocycles. The summed E-state index contributed by atoms with van der Waals surface area (Å²) in [5, 5.41) is 13.9. The molecule has 0 aliphatic carbocycles. The molecule has 0 bridgehead atoms. The Morgan fingerprint density at radius 3 is 3.04 bits per heavy atom. The van der Waals surface area contributed by atoms with Crippen molar-refractivity contribution >= 4 is 28.2 Å². The van der Waals surface area contributed by atoms with Gasteiger partial charge in [0.05, 0.1) is 19.8 Å². The van der Waals surface area contributed by atoms with Crippen LogP contribution in [0.4, 0.5) is 0 Å². The monoisotopic (exact) mass is 405 g/mol. The zero-order chi connectivity index (χ0) is 19.9. The Kier molecular flexibility index (Phi) is 7.24. The van der Waals surface area contributed by atoms with Gasteiger partial charge in [-0.3, -0.25) is 4.79 Å². The second-order valence-electron chi connectivity index (χ2n) is 6.90. The van der Waals surface area contributed by atoms with Gasteiger partial charge in [0.2, 0.25) is 0 Å². The molecular formula is C20H27N3O4S. The summed E-state index contributed by atoms with van der Waals surface area (Å²) in [5.74, 6) is 0.733. The summed E-state index contributed by atoms with van der Waals surface area (Å²) < 4.78 is 10.9. The number of aromatic nitrogens is 1. The highest BCUT2D eigenvalue weighted by Crippen LogP contribution is 2.19. The predicted octanol–water partition coefficient (Wildman–Crippen LogP) is 1.77. The number of aromatic amines is 1. The summed E-state index contributed by atoms with van der Waals surface area (Å²) in [6, 6.07) is 7.40. The minimum atomic E-state index is -0.145. The van der Waals surface area contributed by atoms with Crippen molar-refractivity contribution in [3.05, 3.63) is 40.2 Å². The van der Waals surface area contributed by atoms with Gasteiger partial charge in [-0.25, -0.2) is 0 Å². The quantitative estimate of drug-likeness (QED) is 0.577. The van der Waals surface area contributed by atoms with Gasteiger partial charge in [-0.15, -0.1) is 0 Å². The van der Waals surface area contributed by atoms with Crippen LogP contribution < -0.4 is 15.6 Å². The van der Waals surface area contributed by atoms with Gasteiger partial charge in [0, 0.05) is 42.8 Å². The summed E-state index contributed by atoms with van der Waals surface area (Å²) >= 11 is 5.55. The molecule has 2 aromatic rings. The predicted molar refractivity (Wildman–Crippen MR) is 113 cm³/mol. The first-order valence-corrected chi connectivity index (χ1v) is 9.96. The Morgan fingerprint density at radius 2 is 2.32 bits per heavy atom. The van der Waals surface area contributed by atoms with Crippen LogP contribution in [-0.2, 0) is 11.3 Å². The minimum Gasteiger partial charge on any atom is -0.497 e. The second kappa shape index (κ2) is 9.86. The lowest BCUT2D eigenvalue weighted by atomic mass is 10.1. The van der Waals surface area contributed by atoms with E-state index in [0.29, 0.717) is 36.7 Å². The Bertz CT molecular complexity index is 864. The van der Waals surface area contributed by atoms with Crippen molar-refractivity contribution in [1.82, 2.24) is 15.2 Å². The largest absolute Gasteiger partial charge is 0.497 e. The van der Waals surface area contributed by atoms with E-state index in [9.17, 15) is 9.90 Å². The molecule has 7 nitrogen and oxygen atoms in total. The number of ether oxygens (including phenoxy) is 2. The van der Waals surface area contributed by atoms with E-state index < -0.39 is 0 Å². The second-order valence-corrected chi connectivity index (χ2v) is 7.28. The number of fused-ring (bicyclic) bond motifs is 1. The van der Waals surface area contributed by atoms with Gasteiger partial charge >= 0.3 is 0 Å². The van der Waals surface area contributed by atoms with Gasteiger partial charge in [0.1, 0.15) is 5.75 Å². The average molecular weight is 406 g/mol. The fraction of sp³-hybridized carbons (Fsp3) is 0.500. The third-order valence-corrected chi connectivity index (χ3v) is 5.27. The summed E-state index contributed by atoms with van der Waals surface area (Å²) in [6.07, 6.45) is 2.84. The Morgan fingerprint density at radius 1 is 1.46 bits per heavy atom. The average Bonchev–Trinajstić information content (AvgIpc) is 3.22. The minimum absolute atomic E-state index is 0.0656. The first kappa shape index (κ1) is 20.6. The zero-order valence-corrected chi connectivity index (χ0v) is 16.9. The van der Waals surface area contributed by atoms with Crippen LogP contribution >= 0.6 is 12.2 Å². The van der Waals surface area contributed by atoms with E-state index in [2.05, 4.69) is 10.3 Å². The Balaban J connectivity index is 1.75. The number of thiocarbonyl (C=S) groups is 1. The molecule has 28 heavy (non-hydrogen) atoms. The summed E-state index contributed by atoms with van der Waals surface area (Å²) in [7, 11) is 1.61. The fourth-order valence-electron chi connectivity index (χ4n) is 3.31. The SMILES string of the molecule is COc1ccc2[nH]c(=O)c(CN(CCCO)C(=S)NC[C@H]3CCCO3)cc2c1. The van der Waals surface area contributed by atoms with Crippen molar-refractivity contribution in [1.29, 1.82) is 0 Å². The lowest BCUT2D eigenvalue weighted by Crippen LogP contribution is -2.43. The first-order chi connectivity index (χ1) is 13.6. The van der Waals surface area contributed by atoms with E-state index in [1.54, 1.807) is 7.11 Å². The van der Waals surface area contributed by atoms with Gasteiger partial charge in [-0.05, 0) is 55.7 Å². The van der Waals surface area contributed by atoms with Crippen LogP contribution in [0.2, 0.25) is 0 Å². The summed E-state index contributed by atoms with van der Waals surface area (Å²) in [4.78, 5) is 17.4. The zero-order valence-electron chi connectivity index (χ0n) is 16.1. The van der Waals surface area contributed by atoms with Crippen LogP contribution in [0.3, 0.4) is 0 Å². The summed E-state index contributed by atoms with van der Waals surface area (Å²) in [5.41, 5.74) is 1.23. The summed E-state index contributed by atoms with van der Waals surface area (Å²) in [6.45, 7) is 2.43. The number of nitrogens with one attached hydrogen (secondary N) is 2. The van der Waals surface area contributed by atoms with Crippen molar-refractivity contribution in [3.8, 4) is 5.75 Å². The number of methoxy groups -OCH3 is 1. The third kappa shape index (κ3) is 5.21. The number of benzene rings is 1. The van der Waals surface area contributed by atoms with Crippen LogP contribution in [0.15, 0.2) is 29.1 Å². The molecule has 1 fully saturated rings. The van der Waals surface area contributed by atoms with Gasteiger partial charge in [0.25, 0.3) is 5.56 Å². The molecule has 3 rings (SSSR count). The highest BCUT2D eigenvalue weighted by atomic mass is 32.1. The standard InChI is InChI=1S/C20H27N3O4S/c1-26-16-5-6-18-14(11-16)10-15(19(25)22-18)13-23(7-3-8-24)20(28)21-12-17-4-2-9-27-17/h5-6,10-11,17,24H,2-4,7-9,12-13H2,1H3,(H,21,28)(H,22,25)/t17-/m1/s1.